The van der Waals surface area contributed by atoms with Gasteiger partial charge in [-0.3, -0.25) is 0 Å². The molecule has 46 heavy (non-hydrogen) atoms. The molecule has 0 aliphatic heterocycles. The first-order valence-corrected chi connectivity index (χ1v) is 20.8. The van der Waals surface area contributed by atoms with Crippen molar-refractivity contribution in [1.29, 1.82) is 0 Å². The van der Waals surface area contributed by atoms with Crippen LogP contribution in [-0.4, -0.2) is 54.9 Å². The Morgan fingerprint density at radius 1 is 0.870 bits per heavy atom. The lowest BCUT2D eigenvalue weighted by Crippen LogP contribution is -2.54. The normalized spacial score (nSPS) is 24.3. The second-order valence-electron chi connectivity index (χ2n) is 16.1. The highest BCUT2D eigenvalue weighted by atomic mass is 28.4. The van der Waals surface area contributed by atoms with Gasteiger partial charge in [-0.15, -0.1) is 0 Å². The van der Waals surface area contributed by atoms with E-state index < -0.39 is 8.32 Å². The molecular formula is C40H74O5Si. The van der Waals surface area contributed by atoms with Gasteiger partial charge in [0.25, 0.3) is 0 Å². The molecule has 0 aromatic carbocycles. The van der Waals surface area contributed by atoms with Crippen LogP contribution in [0, 0.1) is 11.3 Å². The lowest BCUT2D eigenvalue weighted by atomic mass is 9.54. The average Bonchev–Trinajstić information content (AvgIpc) is 2.96. The highest BCUT2D eigenvalue weighted by molar-refractivity contribution is 6.74. The summed E-state index contributed by atoms with van der Waals surface area (Å²) in [6, 6.07) is 0. The molecule has 5 nitrogen and oxygen atoms in total. The van der Waals surface area contributed by atoms with Gasteiger partial charge >= 0.3 is 0 Å². The number of methoxy groups -OCH3 is 2. The Labute approximate surface area is 286 Å². The van der Waals surface area contributed by atoms with Crippen molar-refractivity contribution in [3.63, 3.8) is 0 Å². The molecule has 1 rings (SSSR count). The molecule has 0 radical (unpaired) electrons. The van der Waals surface area contributed by atoms with Crippen LogP contribution in [0.5, 0.6) is 0 Å². The van der Waals surface area contributed by atoms with Gasteiger partial charge in [0, 0.05) is 26.2 Å². The van der Waals surface area contributed by atoms with E-state index in [9.17, 15) is 0 Å². The van der Waals surface area contributed by atoms with Gasteiger partial charge in [0.05, 0.1) is 12.2 Å². The van der Waals surface area contributed by atoms with Gasteiger partial charge in [-0.2, -0.15) is 0 Å². The minimum Gasteiger partial charge on any atom is -0.413 e. The summed E-state index contributed by atoms with van der Waals surface area (Å²) in [6.45, 7) is 29.8. The molecular weight excluding hydrogens is 589 g/mol. The molecule has 0 unspecified atom stereocenters. The molecule has 0 amide bonds. The lowest BCUT2D eigenvalue weighted by molar-refractivity contribution is -0.202. The van der Waals surface area contributed by atoms with E-state index in [4.69, 9.17) is 23.4 Å². The van der Waals surface area contributed by atoms with Gasteiger partial charge in [-0.25, -0.2) is 0 Å². The molecule has 0 saturated heterocycles. The molecule has 0 bridgehead atoms. The molecule has 1 aliphatic rings. The summed E-state index contributed by atoms with van der Waals surface area (Å²) in [7, 11) is 1.55. The fraction of sp³-hybridized carbons (Fsp3) is 0.800. The second kappa shape index (κ2) is 20.5. The van der Waals surface area contributed by atoms with E-state index in [2.05, 4.69) is 101 Å². The summed E-state index contributed by atoms with van der Waals surface area (Å²) in [5.74, 6) is 0.373. The van der Waals surface area contributed by atoms with Crippen LogP contribution < -0.4 is 0 Å². The molecule has 6 heteroatoms. The zero-order chi connectivity index (χ0) is 35.0. The molecule has 3 atom stereocenters. The van der Waals surface area contributed by atoms with Crippen molar-refractivity contribution >= 4 is 8.32 Å². The summed E-state index contributed by atoms with van der Waals surface area (Å²) in [5.41, 5.74) is 6.99. The lowest BCUT2D eigenvalue weighted by Gasteiger charge is -2.56. The van der Waals surface area contributed by atoms with E-state index in [1.807, 2.05) is 0 Å². The predicted octanol–water partition coefficient (Wildman–Crippen LogP) is 11.7. The van der Waals surface area contributed by atoms with Crippen LogP contribution in [0.15, 0.2) is 46.1 Å². The quantitative estimate of drug-likeness (QED) is 0.0530. The van der Waals surface area contributed by atoms with Crippen LogP contribution in [-0.2, 0) is 23.4 Å². The van der Waals surface area contributed by atoms with Gasteiger partial charge in [0.15, 0.2) is 8.32 Å². The summed E-state index contributed by atoms with van der Waals surface area (Å²) in [6.07, 6.45) is 17.9. The van der Waals surface area contributed by atoms with Crippen LogP contribution >= 0.6 is 0 Å². The van der Waals surface area contributed by atoms with Crippen LogP contribution in [0.2, 0.25) is 18.1 Å². The van der Waals surface area contributed by atoms with Gasteiger partial charge in [0.1, 0.15) is 13.6 Å². The van der Waals surface area contributed by atoms with E-state index in [0.29, 0.717) is 32.7 Å². The minimum absolute atomic E-state index is 0.0726. The third-order valence-electron chi connectivity index (χ3n) is 11.0. The monoisotopic (exact) mass is 663 g/mol. The third kappa shape index (κ3) is 13.8. The second-order valence-corrected chi connectivity index (χ2v) is 20.9. The van der Waals surface area contributed by atoms with Crippen LogP contribution in [0.25, 0.3) is 0 Å². The van der Waals surface area contributed by atoms with E-state index >= 15 is 0 Å². The predicted molar refractivity (Wildman–Crippen MR) is 200 cm³/mol. The summed E-state index contributed by atoms with van der Waals surface area (Å²) < 4.78 is 29.8. The minimum atomic E-state index is -1.86. The number of allylic oxidation sites excluding steroid dienone is 7. The van der Waals surface area contributed by atoms with Crippen molar-refractivity contribution in [2.75, 3.05) is 41.0 Å². The number of hydrogen-bond acceptors (Lipinski definition) is 5. The molecule has 0 aromatic heterocycles. The fourth-order valence-corrected chi connectivity index (χ4v) is 7.55. The van der Waals surface area contributed by atoms with Gasteiger partial charge in [-0.1, -0.05) is 68.2 Å². The maximum atomic E-state index is 6.77. The number of ether oxygens (including phenoxy) is 4. The maximum Gasteiger partial charge on any atom is 0.192 e. The Hall–Kier alpha value is -1.02. The van der Waals surface area contributed by atoms with Crippen molar-refractivity contribution in [3.8, 4) is 0 Å². The molecule has 0 aromatic rings. The fourth-order valence-electron chi connectivity index (χ4n) is 6.54. The molecule has 268 valence electrons. The first-order chi connectivity index (χ1) is 21.4. The third-order valence-corrected chi connectivity index (χ3v) is 15.5. The Bertz CT molecular complexity index is 1010. The Morgan fingerprint density at radius 3 is 2.02 bits per heavy atom. The standard InChI is InChI=1S/C40H74O5Si/c1-32(2)19-15-20-33(3)21-16-22-34(4)23-17-26-39(9)37(24-18-28-43-30-41-11)36(25-27-40(39,10)44-31-42-12)35(5)29-45-46(13,14)38(6,7)8/h19,21,23,37H,15-18,20,22,24-31H2,1-14H3/b33-21+,34-23+,36-35-/t37-,39+,40+/m1/s1. The van der Waals surface area contributed by atoms with Crippen molar-refractivity contribution in [3.05, 3.63) is 46.1 Å². The summed E-state index contributed by atoms with van der Waals surface area (Å²) >= 11 is 0. The van der Waals surface area contributed by atoms with Crippen molar-refractivity contribution in [2.45, 2.75) is 157 Å². The van der Waals surface area contributed by atoms with Gasteiger partial charge in [0.2, 0.25) is 0 Å². The first-order valence-electron chi connectivity index (χ1n) is 17.9. The largest absolute Gasteiger partial charge is 0.413 e. The van der Waals surface area contributed by atoms with Gasteiger partial charge < -0.3 is 23.4 Å². The zero-order valence-corrected chi connectivity index (χ0v) is 33.8. The van der Waals surface area contributed by atoms with Crippen LogP contribution in [0.4, 0.5) is 0 Å². The molecule has 1 saturated carbocycles. The number of rotatable bonds is 21. The molecule has 0 N–H and O–H groups in total. The Balaban J connectivity index is 3.28. The molecule has 0 spiro atoms. The smallest absolute Gasteiger partial charge is 0.192 e. The highest BCUT2D eigenvalue weighted by Gasteiger charge is 2.54. The van der Waals surface area contributed by atoms with Crippen LogP contribution in [0.3, 0.4) is 0 Å². The topological polar surface area (TPSA) is 46.2 Å². The van der Waals surface area contributed by atoms with E-state index in [1.165, 1.54) is 22.3 Å². The molecule has 1 aliphatic carbocycles. The molecule has 0 heterocycles. The van der Waals surface area contributed by atoms with Crippen LogP contribution in [0.1, 0.15) is 133 Å². The van der Waals surface area contributed by atoms with Crippen molar-refractivity contribution in [2.24, 2.45) is 11.3 Å². The van der Waals surface area contributed by atoms with E-state index in [0.717, 1.165) is 64.2 Å². The number of hydrogen-bond donors (Lipinski definition) is 0. The summed E-state index contributed by atoms with van der Waals surface area (Å²) in [4.78, 5) is 0. The average molecular weight is 663 g/mol. The zero-order valence-electron chi connectivity index (χ0n) is 32.8. The first kappa shape index (κ1) is 43.0. The Kier molecular flexibility index (Phi) is 19.1. The summed E-state index contributed by atoms with van der Waals surface area (Å²) in [5, 5.41) is 0.188. The van der Waals surface area contributed by atoms with Crippen molar-refractivity contribution in [1.82, 2.24) is 0 Å². The maximum absolute atomic E-state index is 6.77. The SMILES string of the molecule is COCOCCC[C@@H]1/C(=C(/C)CO[Si](C)(C)C(C)(C)C)CC[C@](C)(OCOC)[C@@]1(C)CC/C=C(\C)CC/C=C(\C)CCC=C(C)C. The van der Waals surface area contributed by atoms with Gasteiger partial charge in [-0.05, 0) is 135 Å². The van der Waals surface area contributed by atoms with E-state index in [1.54, 1.807) is 19.8 Å². The highest BCUT2D eigenvalue weighted by Crippen LogP contribution is 2.57. The molecule has 1 fully saturated rings. The van der Waals surface area contributed by atoms with Crippen molar-refractivity contribution < 1.29 is 23.4 Å². The van der Waals surface area contributed by atoms with E-state index in [-0.39, 0.29) is 16.1 Å². The Morgan fingerprint density at radius 2 is 1.46 bits per heavy atom.